The summed E-state index contributed by atoms with van der Waals surface area (Å²) in [6.45, 7) is 12.4. The van der Waals surface area contributed by atoms with Gasteiger partial charge in [-0.15, -0.1) is 19.7 Å². The summed E-state index contributed by atoms with van der Waals surface area (Å²) in [4.78, 5) is 42.5. The average Bonchev–Trinajstić information content (AvgIpc) is 3.05. The minimum atomic E-state index is -1.08. The minimum absolute atomic E-state index is 0.115. The lowest BCUT2D eigenvalue weighted by Crippen LogP contribution is -2.11. The Morgan fingerprint density at radius 3 is 0.979 bits per heavy atom. The summed E-state index contributed by atoms with van der Waals surface area (Å²) in [6, 6.07) is 0. The van der Waals surface area contributed by atoms with Crippen LogP contribution < -0.4 is 0 Å². The maximum Gasteiger partial charge on any atom is 0.306 e. The fourth-order valence-electron chi connectivity index (χ4n) is 4.24. The monoisotopic (exact) mass is 668 g/mol. The molecule has 0 rings (SSSR count). The third-order valence-electron chi connectivity index (χ3n) is 7.03. The van der Waals surface area contributed by atoms with Crippen molar-refractivity contribution < 1.29 is 44.0 Å². The molecule has 0 aromatic rings. The van der Waals surface area contributed by atoms with E-state index >= 15 is 0 Å². The highest BCUT2D eigenvalue weighted by atomic mass is 16.5. The molecule has 0 aromatic carbocycles. The lowest BCUT2D eigenvalue weighted by atomic mass is 10.1. The first kappa shape index (κ1) is 48.5. The van der Waals surface area contributed by atoms with E-state index in [2.05, 4.69) is 19.7 Å². The van der Waals surface area contributed by atoms with E-state index in [-0.39, 0.29) is 37.6 Å². The Hall–Kier alpha value is -2.94. The number of carboxylic acids is 2. The molecule has 0 radical (unpaired) electrons. The lowest BCUT2D eigenvalue weighted by molar-refractivity contribution is -0.150. The zero-order valence-electron chi connectivity index (χ0n) is 29.4. The predicted molar refractivity (Wildman–Crippen MR) is 190 cm³/mol. The maximum absolute atomic E-state index is 11.6. The van der Waals surface area contributed by atoms with Crippen LogP contribution in [-0.2, 0) is 28.7 Å². The third-order valence-corrected chi connectivity index (χ3v) is 7.03. The number of rotatable bonds is 32. The van der Waals surface area contributed by atoms with Crippen LogP contribution in [0.4, 0.5) is 0 Å². The quantitative estimate of drug-likeness (QED) is 0.0362. The Morgan fingerprint density at radius 2 is 0.702 bits per heavy atom. The molecular weight excluding hydrogens is 600 g/mol. The van der Waals surface area contributed by atoms with E-state index in [0.717, 1.165) is 51.4 Å². The third kappa shape index (κ3) is 52.9. The molecular formula is C38H68O9. The molecule has 0 unspecified atom stereocenters. The molecule has 0 amide bonds. The number of carbonyl (C=O) groups excluding carboxylic acids is 2. The summed E-state index contributed by atoms with van der Waals surface area (Å²) in [5.74, 6) is -2.76. The Kier molecular flexibility index (Phi) is 44.4. The fraction of sp³-hybridized carbons (Fsp3) is 0.737. The normalized spacial score (nSPS) is 9.98. The van der Waals surface area contributed by atoms with Crippen molar-refractivity contribution in [3.8, 4) is 0 Å². The van der Waals surface area contributed by atoms with Crippen molar-refractivity contribution in [2.75, 3.05) is 19.8 Å². The van der Waals surface area contributed by atoms with Crippen molar-refractivity contribution in [1.82, 2.24) is 0 Å². The molecule has 0 aliphatic rings. The van der Waals surface area contributed by atoms with Crippen molar-refractivity contribution in [1.29, 1.82) is 0 Å². The van der Waals surface area contributed by atoms with E-state index < -0.39 is 11.9 Å². The summed E-state index contributed by atoms with van der Waals surface area (Å²) in [5, 5.41) is 24.3. The summed E-state index contributed by atoms with van der Waals surface area (Å²) >= 11 is 0. The molecule has 9 nitrogen and oxygen atoms in total. The van der Waals surface area contributed by atoms with Crippen molar-refractivity contribution in [3.05, 3.63) is 38.0 Å². The van der Waals surface area contributed by atoms with Gasteiger partial charge in [-0.05, 0) is 57.8 Å². The standard InChI is InChI=1S/C24H42O4.C10H20O.C4H6O4/c1-3-5-7-9-11-13-15-17-21-27-23(25)19-20-24(26)28-22-18-16-14-12-10-8-6-4-2;1-2-3-4-5-6-7-8-9-10-11;5-3(6)1-2-4(7)8/h3-4H,1-2,5-22H2;2,11H,1,3-10H2;1-2H2,(H,5,6)(H,7,8). The summed E-state index contributed by atoms with van der Waals surface area (Å²) in [5.41, 5.74) is 0. The second kappa shape index (κ2) is 43.1. The van der Waals surface area contributed by atoms with Crippen LogP contribution in [0.3, 0.4) is 0 Å². The number of allylic oxidation sites excluding steroid dienone is 3. The number of hydrogen-bond acceptors (Lipinski definition) is 7. The second-order valence-corrected chi connectivity index (χ2v) is 11.5. The van der Waals surface area contributed by atoms with Gasteiger partial charge in [-0.3, -0.25) is 19.2 Å². The van der Waals surface area contributed by atoms with Gasteiger partial charge in [-0.1, -0.05) is 95.3 Å². The van der Waals surface area contributed by atoms with Crippen LogP contribution in [0.15, 0.2) is 38.0 Å². The SMILES string of the molecule is C=CCCCCCCCCO.C=CCCCCCCCCOC(=O)CCC(=O)OCCCCCCCCC=C.O=C(O)CCC(=O)O. The Morgan fingerprint density at radius 1 is 0.426 bits per heavy atom. The molecule has 0 spiro atoms. The van der Waals surface area contributed by atoms with E-state index in [1.807, 2.05) is 18.2 Å². The molecule has 9 heteroatoms. The summed E-state index contributed by atoms with van der Waals surface area (Å²) in [6.07, 6.45) is 29.9. The molecule has 47 heavy (non-hydrogen) atoms. The number of unbranched alkanes of at least 4 members (excludes halogenated alkanes) is 18. The van der Waals surface area contributed by atoms with Gasteiger partial charge in [0.25, 0.3) is 0 Å². The zero-order chi connectivity index (χ0) is 35.6. The molecule has 0 aliphatic heterocycles. The van der Waals surface area contributed by atoms with Crippen molar-refractivity contribution >= 4 is 23.9 Å². The summed E-state index contributed by atoms with van der Waals surface area (Å²) in [7, 11) is 0. The van der Waals surface area contributed by atoms with Crippen LogP contribution in [0.2, 0.25) is 0 Å². The fourth-order valence-corrected chi connectivity index (χ4v) is 4.24. The van der Waals surface area contributed by atoms with Crippen LogP contribution in [0.25, 0.3) is 0 Å². The average molecular weight is 669 g/mol. The largest absolute Gasteiger partial charge is 0.481 e. The number of esters is 2. The van der Waals surface area contributed by atoms with Crippen LogP contribution in [0.1, 0.15) is 161 Å². The maximum atomic E-state index is 11.6. The molecule has 0 aromatic heterocycles. The number of aliphatic hydroxyl groups excluding tert-OH is 1. The highest BCUT2D eigenvalue weighted by Crippen LogP contribution is 2.09. The number of aliphatic carboxylic acids is 2. The molecule has 0 heterocycles. The first-order valence-corrected chi connectivity index (χ1v) is 17.9. The molecule has 0 saturated heterocycles. The van der Waals surface area contributed by atoms with E-state index in [0.29, 0.717) is 19.8 Å². The van der Waals surface area contributed by atoms with Gasteiger partial charge in [0.2, 0.25) is 0 Å². The van der Waals surface area contributed by atoms with Crippen LogP contribution >= 0.6 is 0 Å². The van der Waals surface area contributed by atoms with Gasteiger partial charge >= 0.3 is 23.9 Å². The summed E-state index contributed by atoms with van der Waals surface area (Å²) < 4.78 is 10.3. The van der Waals surface area contributed by atoms with Crippen molar-refractivity contribution in [2.45, 2.75) is 161 Å². The zero-order valence-corrected chi connectivity index (χ0v) is 29.4. The van der Waals surface area contributed by atoms with Crippen LogP contribution in [-0.4, -0.2) is 59.0 Å². The smallest absolute Gasteiger partial charge is 0.306 e. The van der Waals surface area contributed by atoms with Gasteiger partial charge in [-0.2, -0.15) is 0 Å². The topological polar surface area (TPSA) is 147 Å². The number of carboxylic acid groups (broad SMARTS) is 2. The van der Waals surface area contributed by atoms with Gasteiger partial charge < -0.3 is 24.8 Å². The van der Waals surface area contributed by atoms with Gasteiger partial charge in [0.05, 0.1) is 38.9 Å². The first-order chi connectivity index (χ1) is 22.7. The molecule has 0 atom stereocenters. The number of ether oxygens (including phenoxy) is 2. The Balaban J connectivity index is -0.000000826. The van der Waals surface area contributed by atoms with Gasteiger partial charge in [0, 0.05) is 6.61 Å². The molecule has 3 N–H and O–H groups in total. The van der Waals surface area contributed by atoms with E-state index in [9.17, 15) is 19.2 Å². The van der Waals surface area contributed by atoms with Gasteiger partial charge in [0.15, 0.2) is 0 Å². The number of aliphatic hydroxyl groups is 1. The Labute approximate surface area is 285 Å². The molecule has 274 valence electrons. The van der Waals surface area contributed by atoms with Crippen molar-refractivity contribution in [2.24, 2.45) is 0 Å². The molecule has 0 aliphatic carbocycles. The van der Waals surface area contributed by atoms with Crippen LogP contribution in [0.5, 0.6) is 0 Å². The first-order valence-electron chi connectivity index (χ1n) is 17.9. The van der Waals surface area contributed by atoms with Gasteiger partial charge in [0.1, 0.15) is 0 Å². The number of hydrogen-bond donors (Lipinski definition) is 3. The number of carbonyl (C=O) groups is 4. The lowest BCUT2D eigenvalue weighted by Gasteiger charge is -2.06. The highest BCUT2D eigenvalue weighted by molar-refractivity contribution is 5.77. The highest BCUT2D eigenvalue weighted by Gasteiger charge is 2.09. The van der Waals surface area contributed by atoms with E-state index in [1.165, 1.54) is 83.5 Å². The Bertz CT molecular complexity index is 712. The predicted octanol–water partition coefficient (Wildman–Crippen LogP) is 9.52. The minimum Gasteiger partial charge on any atom is -0.481 e. The molecule has 0 saturated carbocycles. The van der Waals surface area contributed by atoms with Crippen LogP contribution in [0, 0.1) is 0 Å². The van der Waals surface area contributed by atoms with Gasteiger partial charge in [-0.25, -0.2) is 0 Å². The second-order valence-electron chi connectivity index (χ2n) is 11.5. The molecule has 0 fully saturated rings. The van der Waals surface area contributed by atoms with E-state index in [4.69, 9.17) is 24.8 Å². The van der Waals surface area contributed by atoms with E-state index in [1.54, 1.807) is 0 Å². The van der Waals surface area contributed by atoms with Crippen molar-refractivity contribution in [3.63, 3.8) is 0 Å². The molecule has 0 bridgehead atoms.